The van der Waals surface area contributed by atoms with Gasteiger partial charge in [-0.3, -0.25) is 10.2 Å². The van der Waals surface area contributed by atoms with Crippen LogP contribution in [0.1, 0.15) is 16.7 Å². The molecule has 0 saturated heterocycles. The molecule has 0 spiro atoms. The Balaban J connectivity index is 1.89. The summed E-state index contributed by atoms with van der Waals surface area (Å²) < 4.78 is 29.5. The minimum absolute atomic E-state index is 0.0729. The van der Waals surface area contributed by atoms with Gasteiger partial charge in [0.2, 0.25) is 0 Å². The van der Waals surface area contributed by atoms with Gasteiger partial charge in [0.05, 0.1) is 4.90 Å². The highest BCUT2D eigenvalue weighted by Gasteiger charge is 2.15. The van der Waals surface area contributed by atoms with Crippen molar-refractivity contribution in [3.05, 3.63) is 59.2 Å². The standard InChI is InChI=1S/C17H20N2O4S/c1-12-4-7-15(8-5-12)24(21,22)19-18-17(20)11-23-16-9-6-13(2)10-14(16)3/h4-10,19H,11H2,1-3H3,(H,18,20). The third-order valence-electron chi connectivity index (χ3n) is 3.35. The van der Waals surface area contributed by atoms with Gasteiger partial charge in [-0.2, -0.15) is 0 Å². The topological polar surface area (TPSA) is 84.5 Å². The molecule has 0 unspecified atom stereocenters. The van der Waals surface area contributed by atoms with E-state index in [4.69, 9.17) is 4.74 Å². The molecule has 0 aromatic heterocycles. The van der Waals surface area contributed by atoms with E-state index in [0.717, 1.165) is 16.7 Å². The van der Waals surface area contributed by atoms with Crippen LogP contribution >= 0.6 is 0 Å². The number of sulfonamides is 1. The highest BCUT2D eigenvalue weighted by molar-refractivity contribution is 7.89. The fourth-order valence-corrected chi connectivity index (χ4v) is 2.90. The zero-order valence-corrected chi connectivity index (χ0v) is 14.6. The van der Waals surface area contributed by atoms with Gasteiger partial charge in [0, 0.05) is 0 Å². The van der Waals surface area contributed by atoms with Gasteiger partial charge in [-0.15, -0.1) is 4.83 Å². The highest BCUT2D eigenvalue weighted by atomic mass is 32.2. The molecule has 0 saturated carbocycles. The molecule has 6 nitrogen and oxygen atoms in total. The summed E-state index contributed by atoms with van der Waals surface area (Å²) in [5, 5.41) is 0. The molecule has 2 rings (SSSR count). The van der Waals surface area contributed by atoms with Crippen molar-refractivity contribution in [2.75, 3.05) is 6.61 Å². The predicted molar refractivity (Wildman–Crippen MR) is 91.1 cm³/mol. The fourth-order valence-electron chi connectivity index (χ4n) is 2.04. The summed E-state index contributed by atoms with van der Waals surface area (Å²) in [6, 6.07) is 11.9. The van der Waals surface area contributed by atoms with Gasteiger partial charge in [0.15, 0.2) is 6.61 Å². The number of ether oxygens (including phenoxy) is 1. The molecule has 1 amide bonds. The van der Waals surface area contributed by atoms with E-state index in [9.17, 15) is 13.2 Å². The lowest BCUT2D eigenvalue weighted by Crippen LogP contribution is -2.43. The first-order chi connectivity index (χ1) is 11.3. The number of rotatable bonds is 6. The van der Waals surface area contributed by atoms with Crippen molar-refractivity contribution in [3.8, 4) is 5.75 Å². The van der Waals surface area contributed by atoms with Crippen LogP contribution in [0.25, 0.3) is 0 Å². The number of amides is 1. The Hall–Kier alpha value is -2.38. The molecule has 0 fully saturated rings. The summed E-state index contributed by atoms with van der Waals surface area (Å²) in [7, 11) is -3.81. The lowest BCUT2D eigenvalue weighted by atomic mass is 10.1. The van der Waals surface area contributed by atoms with Crippen molar-refractivity contribution in [1.82, 2.24) is 10.3 Å². The minimum atomic E-state index is -3.81. The Bertz CT molecular complexity index is 830. The average molecular weight is 348 g/mol. The van der Waals surface area contributed by atoms with Crippen molar-refractivity contribution in [1.29, 1.82) is 0 Å². The van der Waals surface area contributed by atoms with Gasteiger partial charge in [-0.1, -0.05) is 35.4 Å². The average Bonchev–Trinajstić information content (AvgIpc) is 2.52. The molecule has 0 aliphatic carbocycles. The van der Waals surface area contributed by atoms with Crippen LogP contribution in [0, 0.1) is 20.8 Å². The van der Waals surface area contributed by atoms with Gasteiger partial charge < -0.3 is 4.74 Å². The van der Waals surface area contributed by atoms with Gasteiger partial charge in [-0.25, -0.2) is 8.42 Å². The molecule has 24 heavy (non-hydrogen) atoms. The van der Waals surface area contributed by atoms with Crippen LogP contribution in [-0.2, 0) is 14.8 Å². The van der Waals surface area contributed by atoms with Gasteiger partial charge in [0.25, 0.3) is 15.9 Å². The van der Waals surface area contributed by atoms with E-state index in [-0.39, 0.29) is 11.5 Å². The molecular formula is C17H20N2O4S. The minimum Gasteiger partial charge on any atom is -0.483 e. The van der Waals surface area contributed by atoms with E-state index >= 15 is 0 Å². The van der Waals surface area contributed by atoms with Crippen LogP contribution in [0.15, 0.2) is 47.4 Å². The van der Waals surface area contributed by atoms with E-state index in [2.05, 4.69) is 5.43 Å². The number of hydrazine groups is 1. The maximum absolute atomic E-state index is 12.0. The number of carbonyl (C=O) groups is 1. The number of hydrogen-bond acceptors (Lipinski definition) is 4. The molecule has 0 aliphatic rings. The Morgan fingerprint density at radius 3 is 2.25 bits per heavy atom. The molecule has 7 heteroatoms. The van der Waals surface area contributed by atoms with Crippen molar-refractivity contribution in [2.24, 2.45) is 0 Å². The van der Waals surface area contributed by atoms with Gasteiger partial charge >= 0.3 is 0 Å². The lowest BCUT2D eigenvalue weighted by Gasteiger charge is -2.11. The molecule has 2 N–H and O–H groups in total. The van der Waals surface area contributed by atoms with E-state index in [0.29, 0.717) is 5.75 Å². The maximum atomic E-state index is 12.0. The molecule has 0 heterocycles. The first-order valence-electron chi connectivity index (χ1n) is 7.35. The van der Waals surface area contributed by atoms with Gasteiger partial charge in [-0.05, 0) is 44.5 Å². The summed E-state index contributed by atoms with van der Waals surface area (Å²) in [6.07, 6.45) is 0. The smallest absolute Gasteiger partial charge is 0.272 e. The van der Waals surface area contributed by atoms with Crippen molar-refractivity contribution >= 4 is 15.9 Å². The van der Waals surface area contributed by atoms with Crippen LogP contribution in [0.3, 0.4) is 0 Å². The normalized spacial score (nSPS) is 11.1. The van der Waals surface area contributed by atoms with Crippen molar-refractivity contribution in [3.63, 3.8) is 0 Å². The first-order valence-corrected chi connectivity index (χ1v) is 8.83. The summed E-state index contributed by atoms with van der Waals surface area (Å²) in [4.78, 5) is 13.9. The first kappa shape index (κ1) is 18.0. The SMILES string of the molecule is Cc1ccc(S(=O)(=O)NNC(=O)COc2ccc(C)cc2C)cc1. The third kappa shape index (κ3) is 4.81. The summed E-state index contributed by atoms with van der Waals surface area (Å²) in [6.45, 7) is 5.40. The maximum Gasteiger partial charge on any atom is 0.272 e. The molecule has 0 radical (unpaired) electrons. The van der Waals surface area contributed by atoms with E-state index < -0.39 is 15.9 Å². The zero-order chi connectivity index (χ0) is 17.7. The number of hydrogen-bond donors (Lipinski definition) is 2. The molecular weight excluding hydrogens is 328 g/mol. The monoisotopic (exact) mass is 348 g/mol. The van der Waals surface area contributed by atoms with Gasteiger partial charge in [0.1, 0.15) is 5.75 Å². The Morgan fingerprint density at radius 1 is 1.00 bits per heavy atom. The molecule has 128 valence electrons. The predicted octanol–water partition coefficient (Wildman–Crippen LogP) is 2.00. The third-order valence-corrected chi connectivity index (χ3v) is 4.61. The highest BCUT2D eigenvalue weighted by Crippen LogP contribution is 2.18. The molecule has 2 aromatic rings. The fraction of sp³-hybridized carbons (Fsp3) is 0.235. The van der Waals surface area contributed by atoms with E-state index in [1.165, 1.54) is 12.1 Å². The van der Waals surface area contributed by atoms with Crippen LogP contribution in [0.2, 0.25) is 0 Å². The summed E-state index contributed by atoms with van der Waals surface area (Å²) >= 11 is 0. The Kier molecular flexibility index (Phi) is 5.58. The summed E-state index contributed by atoms with van der Waals surface area (Å²) in [5.41, 5.74) is 5.08. The zero-order valence-electron chi connectivity index (χ0n) is 13.8. The Labute approximate surface area is 141 Å². The van der Waals surface area contributed by atoms with Crippen molar-refractivity contribution in [2.45, 2.75) is 25.7 Å². The number of nitrogens with one attached hydrogen (secondary N) is 2. The van der Waals surface area contributed by atoms with Crippen LogP contribution in [-0.4, -0.2) is 20.9 Å². The molecule has 0 bridgehead atoms. The van der Waals surface area contributed by atoms with E-state index in [1.54, 1.807) is 18.2 Å². The quantitative estimate of drug-likeness (QED) is 0.782. The van der Waals surface area contributed by atoms with E-state index in [1.807, 2.05) is 37.7 Å². The second-order valence-electron chi connectivity index (χ2n) is 5.52. The number of carbonyl (C=O) groups excluding carboxylic acids is 1. The van der Waals surface area contributed by atoms with Crippen LogP contribution in [0.4, 0.5) is 0 Å². The molecule has 0 aliphatic heterocycles. The number of benzene rings is 2. The second-order valence-corrected chi connectivity index (χ2v) is 7.21. The van der Waals surface area contributed by atoms with Crippen molar-refractivity contribution < 1.29 is 17.9 Å². The lowest BCUT2D eigenvalue weighted by molar-refractivity contribution is -0.123. The summed E-state index contributed by atoms with van der Waals surface area (Å²) in [5.74, 6) is -0.0113. The molecule has 0 atom stereocenters. The second kappa shape index (κ2) is 7.46. The Morgan fingerprint density at radius 2 is 1.62 bits per heavy atom. The molecule has 2 aromatic carbocycles. The number of aryl methyl sites for hydroxylation is 3. The van der Waals surface area contributed by atoms with Crippen LogP contribution in [0.5, 0.6) is 5.75 Å². The largest absolute Gasteiger partial charge is 0.483 e. The van der Waals surface area contributed by atoms with Crippen LogP contribution < -0.4 is 15.0 Å².